The molecule has 33 heavy (non-hydrogen) atoms. The van der Waals surface area contributed by atoms with E-state index in [1.807, 2.05) is 48.8 Å². The third-order valence-electron chi connectivity index (χ3n) is 5.17. The zero-order valence-electron chi connectivity index (χ0n) is 18.0. The zero-order chi connectivity index (χ0) is 23.1. The van der Waals surface area contributed by atoms with Gasteiger partial charge in [0.25, 0.3) is 0 Å². The van der Waals surface area contributed by atoms with Crippen LogP contribution in [0.3, 0.4) is 0 Å². The van der Waals surface area contributed by atoms with Crippen LogP contribution in [0.1, 0.15) is 11.4 Å². The predicted octanol–water partition coefficient (Wildman–Crippen LogP) is 5.25. The molecular weight excluding hydrogens is 489 g/mol. The molecule has 1 N–H and O–H groups in total. The summed E-state index contributed by atoms with van der Waals surface area (Å²) in [6.07, 6.45) is 5.36. The van der Waals surface area contributed by atoms with Gasteiger partial charge in [-0.05, 0) is 65.7 Å². The van der Waals surface area contributed by atoms with Crippen molar-refractivity contribution in [3.63, 3.8) is 0 Å². The highest BCUT2D eigenvalue weighted by molar-refractivity contribution is 9.10. The Kier molecular flexibility index (Phi) is 5.29. The molecule has 5 rings (SSSR count). The molecule has 0 fully saturated rings. The number of anilines is 2. The quantitative estimate of drug-likeness (QED) is 0.350. The lowest BCUT2D eigenvalue weighted by Gasteiger charge is -2.12. The van der Waals surface area contributed by atoms with Crippen molar-refractivity contribution in [2.45, 2.75) is 13.8 Å². The van der Waals surface area contributed by atoms with Gasteiger partial charge in [-0.3, -0.25) is 0 Å². The van der Waals surface area contributed by atoms with Crippen molar-refractivity contribution in [1.82, 2.24) is 29.1 Å². The molecule has 0 amide bonds. The van der Waals surface area contributed by atoms with E-state index in [1.54, 1.807) is 24.2 Å². The van der Waals surface area contributed by atoms with Crippen LogP contribution in [0.15, 0.2) is 59.7 Å². The summed E-state index contributed by atoms with van der Waals surface area (Å²) in [6.45, 7) is 3.69. The van der Waals surface area contributed by atoms with E-state index >= 15 is 0 Å². The summed E-state index contributed by atoms with van der Waals surface area (Å²) in [7, 11) is 1.61. The largest absolute Gasteiger partial charge is 0.494 e. The number of aromatic nitrogens is 6. The highest BCUT2D eigenvalue weighted by Crippen LogP contribution is 2.31. The van der Waals surface area contributed by atoms with Crippen LogP contribution < -0.4 is 10.1 Å². The second-order valence-corrected chi connectivity index (χ2v) is 8.29. The molecule has 2 aromatic carbocycles. The highest BCUT2D eigenvalue weighted by atomic mass is 79.9. The Bertz CT molecular complexity index is 1490. The summed E-state index contributed by atoms with van der Waals surface area (Å²) in [4.78, 5) is 13.5. The lowest BCUT2D eigenvalue weighted by atomic mass is 10.1. The van der Waals surface area contributed by atoms with Gasteiger partial charge in [0.15, 0.2) is 11.5 Å². The maximum atomic E-state index is 13.6. The maximum absolute atomic E-state index is 13.6. The first-order chi connectivity index (χ1) is 15.9. The van der Waals surface area contributed by atoms with Crippen LogP contribution in [0.5, 0.6) is 5.75 Å². The van der Waals surface area contributed by atoms with Gasteiger partial charge in [-0.1, -0.05) is 0 Å². The van der Waals surface area contributed by atoms with Crippen LogP contribution in [0.25, 0.3) is 22.6 Å². The Balaban J connectivity index is 1.54. The lowest BCUT2D eigenvalue weighted by molar-refractivity contribution is 0.412. The molecule has 3 heterocycles. The molecule has 0 aliphatic rings. The van der Waals surface area contributed by atoms with E-state index in [1.165, 1.54) is 12.1 Å². The van der Waals surface area contributed by atoms with E-state index in [0.29, 0.717) is 27.6 Å². The molecule has 0 bridgehead atoms. The number of nitrogens with zero attached hydrogens (tertiary/aromatic N) is 6. The number of imidazole rings is 1. The molecule has 8 nitrogen and oxygen atoms in total. The second kappa shape index (κ2) is 8.28. The zero-order valence-corrected chi connectivity index (χ0v) is 19.6. The highest BCUT2D eigenvalue weighted by Gasteiger charge is 2.15. The van der Waals surface area contributed by atoms with Crippen molar-refractivity contribution in [2.75, 3.05) is 12.4 Å². The maximum Gasteiger partial charge on any atom is 0.181 e. The molecule has 0 unspecified atom stereocenters. The van der Waals surface area contributed by atoms with Gasteiger partial charge < -0.3 is 14.5 Å². The number of ether oxygens (including phenoxy) is 1. The fraction of sp³-hybridized carbons (Fsp3) is 0.130. The number of halogens is 2. The van der Waals surface area contributed by atoms with Gasteiger partial charge in [-0.15, -0.1) is 0 Å². The molecule has 0 saturated carbocycles. The molecule has 3 aromatic heterocycles. The third-order valence-corrected chi connectivity index (χ3v) is 5.55. The molecule has 0 aliphatic heterocycles. The molecule has 0 atom stereocenters. The van der Waals surface area contributed by atoms with E-state index in [0.717, 1.165) is 28.2 Å². The Morgan fingerprint density at radius 3 is 2.64 bits per heavy atom. The van der Waals surface area contributed by atoms with Gasteiger partial charge in [-0.2, -0.15) is 5.10 Å². The molecule has 0 radical (unpaired) electrons. The van der Waals surface area contributed by atoms with Gasteiger partial charge in [0.1, 0.15) is 34.0 Å². The average molecular weight is 508 g/mol. The third kappa shape index (κ3) is 4.05. The minimum atomic E-state index is -0.273. The number of fused-ring (bicyclic) bond motifs is 1. The Labute approximate surface area is 197 Å². The van der Waals surface area contributed by atoms with E-state index in [2.05, 4.69) is 36.3 Å². The normalized spacial score (nSPS) is 11.2. The molecule has 0 spiro atoms. The van der Waals surface area contributed by atoms with Crippen LogP contribution in [-0.4, -0.2) is 36.2 Å². The first kappa shape index (κ1) is 21.1. The molecule has 5 aromatic rings. The summed E-state index contributed by atoms with van der Waals surface area (Å²) in [5.41, 5.74) is 4.56. The van der Waals surface area contributed by atoms with Crippen LogP contribution in [0, 0.1) is 19.7 Å². The predicted molar refractivity (Wildman–Crippen MR) is 127 cm³/mol. The van der Waals surface area contributed by atoms with Crippen LogP contribution >= 0.6 is 15.9 Å². The summed E-state index contributed by atoms with van der Waals surface area (Å²) in [5.74, 6) is 1.58. The molecule has 10 heteroatoms. The fourth-order valence-electron chi connectivity index (χ4n) is 3.64. The van der Waals surface area contributed by atoms with Crippen molar-refractivity contribution >= 4 is 33.1 Å². The lowest BCUT2D eigenvalue weighted by Crippen LogP contribution is -2.02. The standard InChI is InChI=1S/C23H19BrFN7O/c1-13-8-15(25)4-6-17(13)18-10-31-11-21(24)29-22(23(31)28-18)27-16-5-7-19(20(9-16)33-3)32-12-26-14(2)30-32/h4-12H,1-3H3,(H,27,29). The van der Waals surface area contributed by atoms with Gasteiger partial charge in [0.05, 0.1) is 12.8 Å². The Hall–Kier alpha value is -3.79. The minimum absolute atomic E-state index is 0.273. The van der Waals surface area contributed by atoms with E-state index in [4.69, 9.17) is 9.72 Å². The first-order valence-corrected chi connectivity index (χ1v) is 10.9. The van der Waals surface area contributed by atoms with Crippen molar-refractivity contribution in [3.05, 3.63) is 76.9 Å². The van der Waals surface area contributed by atoms with Crippen molar-refractivity contribution < 1.29 is 9.13 Å². The summed E-state index contributed by atoms with van der Waals surface area (Å²) in [5, 5.41) is 7.67. The molecule has 166 valence electrons. The van der Waals surface area contributed by atoms with Crippen molar-refractivity contribution in [1.29, 1.82) is 0 Å². The van der Waals surface area contributed by atoms with Crippen molar-refractivity contribution in [2.24, 2.45) is 0 Å². The van der Waals surface area contributed by atoms with Gasteiger partial charge in [0, 0.05) is 29.7 Å². The van der Waals surface area contributed by atoms with Crippen LogP contribution in [-0.2, 0) is 0 Å². The Morgan fingerprint density at radius 2 is 1.91 bits per heavy atom. The molecular formula is C23H19BrFN7O. The number of nitrogens with one attached hydrogen (secondary N) is 1. The van der Waals surface area contributed by atoms with Crippen molar-refractivity contribution in [3.8, 4) is 22.7 Å². The van der Waals surface area contributed by atoms with Crippen LogP contribution in [0.4, 0.5) is 15.9 Å². The van der Waals surface area contributed by atoms with Crippen LogP contribution in [0.2, 0.25) is 0 Å². The molecule has 0 saturated heterocycles. The van der Waals surface area contributed by atoms with Gasteiger partial charge in [0.2, 0.25) is 0 Å². The van der Waals surface area contributed by atoms with Gasteiger partial charge >= 0.3 is 0 Å². The first-order valence-electron chi connectivity index (χ1n) is 10.1. The van der Waals surface area contributed by atoms with E-state index < -0.39 is 0 Å². The Morgan fingerprint density at radius 1 is 1.06 bits per heavy atom. The van der Waals surface area contributed by atoms with E-state index in [-0.39, 0.29) is 5.82 Å². The number of benzene rings is 2. The number of hydrogen-bond donors (Lipinski definition) is 1. The molecule has 0 aliphatic carbocycles. The summed E-state index contributed by atoms with van der Waals surface area (Å²) < 4.78 is 23.3. The number of hydrogen-bond acceptors (Lipinski definition) is 6. The number of aryl methyl sites for hydroxylation is 2. The number of rotatable bonds is 5. The smallest absolute Gasteiger partial charge is 0.181 e. The number of methoxy groups -OCH3 is 1. The second-order valence-electron chi connectivity index (χ2n) is 7.48. The monoisotopic (exact) mass is 507 g/mol. The fourth-order valence-corrected chi connectivity index (χ4v) is 4.04. The topological polar surface area (TPSA) is 82.2 Å². The summed E-state index contributed by atoms with van der Waals surface area (Å²) in [6, 6.07) is 10.3. The van der Waals surface area contributed by atoms with E-state index in [9.17, 15) is 4.39 Å². The summed E-state index contributed by atoms with van der Waals surface area (Å²) >= 11 is 3.47. The average Bonchev–Trinajstić information content (AvgIpc) is 3.40. The van der Waals surface area contributed by atoms with Gasteiger partial charge in [-0.25, -0.2) is 24.0 Å². The SMILES string of the molecule is COc1cc(Nc2nc(Br)cn3cc(-c4ccc(F)cc4C)nc23)ccc1-n1cnc(C)n1. The minimum Gasteiger partial charge on any atom is -0.494 e.